The Bertz CT molecular complexity index is 638. The molecule has 2 unspecified atom stereocenters. The summed E-state index contributed by atoms with van der Waals surface area (Å²) in [6.07, 6.45) is 4.44. The number of rotatable bonds is 3. The van der Waals surface area contributed by atoms with E-state index < -0.39 is 5.54 Å². The zero-order valence-corrected chi connectivity index (χ0v) is 14.5. The van der Waals surface area contributed by atoms with E-state index in [1.54, 1.807) is 24.2 Å². The fraction of sp³-hybridized carbons (Fsp3) is 0.611. The highest BCUT2D eigenvalue weighted by Gasteiger charge is 2.43. The molecule has 1 aromatic rings. The second kappa shape index (κ2) is 6.40. The third-order valence-corrected chi connectivity index (χ3v) is 5.07. The molecule has 1 aliphatic carbocycles. The van der Waals surface area contributed by atoms with Crippen LogP contribution in [0.5, 0.6) is 0 Å². The lowest BCUT2D eigenvalue weighted by Crippen LogP contribution is -2.53. The van der Waals surface area contributed by atoms with Gasteiger partial charge in [0.15, 0.2) is 0 Å². The van der Waals surface area contributed by atoms with Crippen LogP contribution in [0.2, 0.25) is 0 Å². The van der Waals surface area contributed by atoms with Crippen LogP contribution < -0.4 is 4.90 Å². The Morgan fingerprint density at radius 3 is 2.50 bits per heavy atom. The van der Waals surface area contributed by atoms with Crippen LogP contribution >= 0.6 is 0 Å². The van der Waals surface area contributed by atoms with Crippen LogP contribution in [0.3, 0.4) is 0 Å². The molecule has 0 bridgehead atoms. The predicted molar refractivity (Wildman–Crippen MR) is 90.7 cm³/mol. The molecule has 3 rings (SSSR count). The van der Waals surface area contributed by atoms with Gasteiger partial charge in [-0.25, -0.2) is 4.98 Å². The Kier molecular flexibility index (Phi) is 4.46. The zero-order chi connectivity index (χ0) is 17.3. The number of amides is 1. The number of carbonyl (C=O) groups excluding carboxylic acids is 1. The fourth-order valence-electron chi connectivity index (χ4n) is 3.49. The number of pyridine rings is 1. The Morgan fingerprint density at radius 2 is 2.04 bits per heavy atom. The molecule has 1 amide bonds. The summed E-state index contributed by atoms with van der Waals surface area (Å²) in [6, 6.07) is 5.98. The molecule has 0 aromatic carbocycles. The van der Waals surface area contributed by atoms with Gasteiger partial charge in [0, 0.05) is 26.3 Å². The molecular weight excluding hydrogens is 304 g/mol. The van der Waals surface area contributed by atoms with Crippen LogP contribution in [0, 0.1) is 11.3 Å². The van der Waals surface area contributed by atoms with Crippen LogP contribution in [0.25, 0.3) is 0 Å². The summed E-state index contributed by atoms with van der Waals surface area (Å²) in [7, 11) is 1.71. The second-order valence-corrected chi connectivity index (χ2v) is 6.93. The Morgan fingerprint density at radius 1 is 1.38 bits per heavy atom. The van der Waals surface area contributed by atoms with Gasteiger partial charge in [0.05, 0.1) is 23.8 Å². The second-order valence-electron chi connectivity index (χ2n) is 6.93. The van der Waals surface area contributed by atoms with Crippen molar-refractivity contribution in [3.63, 3.8) is 0 Å². The van der Waals surface area contributed by atoms with Gasteiger partial charge in [-0.3, -0.25) is 4.79 Å². The van der Waals surface area contributed by atoms with Crippen molar-refractivity contribution < 1.29 is 9.53 Å². The minimum atomic E-state index is -0.634. The topological polar surface area (TPSA) is 69.5 Å². The molecule has 128 valence electrons. The quantitative estimate of drug-likeness (QED) is 0.851. The number of nitrogens with zero attached hydrogens (tertiary/aromatic N) is 4. The molecule has 2 heterocycles. The number of ether oxygens (including phenoxy) is 1. The number of nitriles is 1. The Labute approximate surface area is 143 Å². The highest BCUT2D eigenvalue weighted by molar-refractivity contribution is 5.94. The summed E-state index contributed by atoms with van der Waals surface area (Å²) in [5.41, 5.74) is -0.109. The molecular formula is C18H24N4O2. The number of hydrogen-bond acceptors (Lipinski definition) is 5. The lowest BCUT2D eigenvalue weighted by Gasteiger charge is -2.42. The summed E-state index contributed by atoms with van der Waals surface area (Å²) >= 11 is 0. The van der Waals surface area contributed by atoms with Gasteiger partial charge in [-0.1, -0.05) is 0 Å². The van der Waals surface area contributed by atoms with Gasteiger partial charge < -0.3 is 14.5 Å². The molecule has 0 N–H and O–H groups in total. The van der Waals surface area contributed by atoms with Crippen LogP contribution in [0.15, 0.2) is 18.3 Å². The largest absolute Gasteiger partial charge is 0.372 e. The Hall–Kier alpha value is -2.13. The molecule has 1 aromatic heterocycles. The molecule has 2 atom stereocenters. The molecule has 2 fully saturated rings. The van der Waals surface area contributed by atoms with Crippen LogP contribution in [0.1, 0.15) is 43.5 Å². The maximum Gasteiger partial charge on any atom is 0.256 e. The van der Waals surface area contributed by atoms with E-state index in [2.05, 4.69) is 29.8 Å². The summed E-state index contributed by atoms with van der Waals surface area (Å²) in [4.78, 5) is 20.9. The van der Waals surface area contributed by atoms with Crippen molar-refractivity contribution in [2.75, 3.05) is 25.0 Å². The van der Waals surface area contributed by atoms with Gasteiger partial charge in [0.25, 0.3) is 5.91 Å². The molecule has 0 radical (unpaired) electrons. The number of aromatic nitrogens is 1. The first-order valence-corrected chi connectivity index (χ1v) is 8.51. The smallest absolute Gasteiger partial charge is 0.256 e. The SMILES string of the molecule is CC1CN(c2ccc(C(=O)N(C)C3(C#N)CCC3)cn2)CC(C)O1. The van der Waals surface area contributed by atoms with E-state index in [0.29, 0.717) is 5.56 Å². The first-order chi connectivity index (χ1) is 11.4. The van der Waals surface area contributed by atoms with Crippen LogP contribution in [-0.4, -0.2) is 53.7 Å². The lowest BCUT2D eigenvalue weighted by molar-refractivity contribution is -0.00546. The molecule has 24 heavy (non-hydrogen) atoms. The maximum absolute atomic E-state index is 12.6. The fourth-order valence-corrected chi connectivity index (χ4v) is 3.49. The summed E-state index contributed by atoms with van der Waals surface area (Å²) in [5, 5.41) is 9.39. The normalized spacial score (nSPS) is 25.5. The van der Waals surface area contributed by atoms with E-state index in [4.69, 9.17) is 4.74 Å². The first-order valence-electron chi connectivity index (χ1n) is 8.51. The monoisotopic (exact) mass is 328 g/mol. The van der Waals surface area contributed by atoms with Crippen molar-refractivity contribution in [1.82, 2.24) is 9.88 Å². The van der Waals surface area contributed by atoms with Crippen molar-refractivity contribution in [2.24, 2.45) is 0 Å². The van der Waals surface area contributed by atoms with Gasteiger partial charge in [-0.2, -0.15) is 5.26 Å². The molecule has 1 saturated heterocycles. The standard InChI is InChI=1S/C18H24N4O2/c1-13-10-22(11-14(2)24-13)16-6-5-15(9-20-16)17(23)21(3)18(12-19)7-4-8-18/h5-6,9,13-14H,4,7-8,10-11H2,1-3H3. The van der Waals surface area contributed by atoms with Crippen molar-refractivity contribution >= 4 is 11.7 Å². The number of hydrogen-bond donors (Lipinski definition) is 0. The van der Waals surface area contributed by atoms with Gasteiger partial charge in [0.1, 0.15) is 11.4 Å². The summed E-state index contributed by atoms with van der Waals surface area (Å²) in [5.74, 6) is 0.717. The number of anilines is 1. The van der Waals surface area contributed by atoms with Crippen molar-refractivity contribution in [1.29, 1.82) is 5.26 Å². The van der Waals surface area contributed by atoms with E-state index in [1.807, 2.05) is 6.07 Å². The van der Waals surface area contributed by atoms with Gasteiger partial charge in [-0.05, 0) is 45.2 Å². The highest BCUT2D eigenvalue weighted by Crippen LogP contribution is 2.37. The molecule has 0 spiro atoms. The molecule has 1 aliphatic heterocycles. The van der Waals surface area contributed by atoms with Crippen LogP contribution in [-0.2, 0) is 4.74 Å². The van der Waals surface area contributed by atoms with E-state index in [9.17, 15) is 10.1 Å². The highest BCUT2D eigenvalue weighted by atomic mass is 16.5. The van der Waals surface area contributed by atoms with Crippen LogP contribution in [0.4, 0.5) is 5.82 Å². The van der Waals surface area contributed by atoms with E-state index in [-0.39, 0.29) is 18.1 Å². The average Bonchev–Trinajstić information content (AvgIpc) is 2.53. The van der Waals surface area contributed by atoms with E-state index in [0.717, 1.165) is 38.2 Å². The molecule has 6 nitrogen and oxygen atoms in total. The van der Waals surface area contributed by atoms with Crippen molar-refractivity contribution in [3.8, 4) is 6.07 Å². The third-order valence-electron chi connectivity index (χ3n) is 5.07. The molecule has 1 saturated carbocycles. The Balaban J connectivity index is 1.72. The summed E-state index contributed by atoms with van der Waals surface area (Å²) in [6.45, 7) is 5.69. The van der Waals surface area contributed by atoms with Gasteiger partial charge in [0.2, 0.25) is 0 Å². The van der Waals surface area contributed by atoms with E-state index >= 15 is 0 Å². The minimum absolute atomic E-state index is 0.140. The first kappa shape index (κ1) is 16.7. The minimum Gasteiger partial charge on any atom is -0.372 e. The zero-order valence-electron chi connectivity index (χ0n) is 14.5. The van der Waals surface area contributed by atoms with Gasteiger partial charge >= 0.3 is 0 Å². The number of morpholine rings is 1. The summed E-state index contributed by atoms with van der Waals surface area (Å²) < 4.78 is 5.74. The number of carbonyl (C=O) groups is 1. The third kappa shape index (κ3) is 2.96. The maximum atomic E-state index is 12.6. The average molecular weight is 328 g/mol. The van der Waals surface area contributed by atoms with Crippen molar-refractivity contribution in [2.45, 2.75) is 50.9 Å². The predicted octanol–water partition coefficient (Wildman–Crippen LogP) is 2.21. The molecule has 6 heteroatoms. The van der Waals surface area contributed by atoms with Crippen molar-refractivity contribution in [3.05, 3.63) is 23.9 Å². The van der Waals surface area contributed by atoms with Gasteiger partial charge in [-0.15, -0.1) is 0 Å². The molecule has 2 aliphatic rings. The van der Waals surface area contributed by atoms with E-state index in [1.165, 1.54) is 0 Å². The lowest BCUT2D eigenvalue weighted by atomic mass is 9.76.